The Kier molecular flexibility index (Phi) is 6.31. The molecule has 2 rings (SSSR count). The molecule has 0 aromatic heterocycles. The number of hydrogen-bond acceptors (Lipinski definition) is 4. The molecule has 0 spiro atoms. The summed E-state index contributed by atoms with van der Waals surface area (Å²) in [6, 6.07) is 11.1. The minimum Gasteiger partial charge on any atom is -0.469 e. The van der Waals surface area contributed by atoms with Crippen LogP contribution in [0.1, 0.15) is 18.5 Å². The number of hydrogen-bond donors (Lipinski definition) is 1. The molecule has 0 amide bonds. The maximum absolute atomic E-state index is 13.2. The minimum absolute atomic E-state index is 0.0949. The Balaban J connectivity index is 2.43. The van der Waals surface area contributed by atoms with Gasteiger partial charge < -0.3 is 4.74 Å². The van der Waals surface area contributed by atoms with Crippen LogP contribution in [0.5, 0.6) is 0 Å². The van der Waals surface area contributed by atoms with Crippen LogP contribution in [0.15, 0.2) is 57.9 Å². The quantitative estimate of drug-likeness (QED) is 0.713. The van der Waals surface area contributed by atoms with Crippen molar-refractivity contribution in [3.05, 3.63) is 64.4 Å². The summed E-state index contributed by atoms with van der Waals surface area (Å²) in [6.45, 7) is 1.58. The topological polar surface area (TPSA) is 72.5 Å². The number of nitrogens with one attached hydrogen (secondary N) is 1. The van der Waals surface area contributed by atoms with Crippen molar-refractivity contribution in [1.29, 1.82) is 0 Å². The molecule has 0 radical (unpaired) electrons. The number of methoxy groups -OCH3 is 1. The zero-order valence-corrected chi connectivity index (χ0v) is 16.0. The normalized spacial score (nSPS) is 13.9. The molecule has 2 atom stereocenters. The van der Waals surface area contributed by atoms with Crippen molar-refractivity contribution in [1.82, 2.24) is 4.72 Å². The van der Waals surface area contributed by atoms with Crippen LogP contribution in [0.3, 0.4) is 0 Å². The third-order valence-corrected chi connectivity index (χ3v) is 6.12. The van der Waals surface area contributed by atoms with Gasteiger partial charge in [-0.25, -0.2) is 17.5 Å². The van der Waals surface area contributed by atoms with E-state index in [4.69, 9.17) is 4.74 Å². The molecule has 0 bridgehead atoms. The molecule has 134 valence electrons. The smallest absolute Gasteiger partial charge is 0.310 e. The van der Waals surface area contributed by atoms with Gasteiger partial charge in [-0.2, -0.15) is 0 Å². The van der Waals surface area contributed by atoms with Crippen molar-refractivity contribution in [3.8, 4) is 0 Å². The lowest BCUT2D eigenvalue weighted by molar-refractivity contribution is -0.145. The summed E-state index contributed by atoms with van der Waals surface area (Å²) in [5.41, 5.74) is 0.613. The second-order valence-electron chi connectivity index (χ2n) is 5.40. The number of ether oxygens (including phenoxy) is 1. The first-order valence-electron chi connectivity index (χ1n) is 7.36. The van der Waals surface area contributed by atoms with Crippen molar-refractivity contribution in [2.75, 3.05) is 7.11 Å². The first-order valence-corrected chi connectivity index (χ1v) is 9.64. The molecule has 0 heterocycles. The zero-order chi connectivity index (χ0) is 18.6. The Labute approximate surface area is 154 Å². The van der Waals surface area contributed by atoms with Crippen LogP contribution in [-0.2, 0) is 19.6 Å². The maximum Gasteiger partial charge on any atom is 0.310 e. The number of benzene rings is 2. The number of halogens is 2. The van der Waals surface area contributed by atoms with Crippen LogP contribution >= 0.6 is 15.9 Å². The van der Waals surface area contributed by atoms with Crippen LogP contribution in [0, 0.1) is 11.7 Å². The first kappa shape index (κ1) is 19.6. The van der Waals surface area contributed by atoms with E-state index in [0.29, 0.717) is 5.56 Å². The average Bonchev–Trinajstić information content (AvgIpc) is 2.58. The lowest BCUT2D eigenvalue weighted by Crippen LogP contribution is -2.36. The molecule has 5 nitrogen and oxygen atoms in total. The molecule has 0 saturated carbocycles. The Morgan fingerprint density at radius 1 is 1.20 bits per heavy atom. The fourth-order valence-electron chi connectivity index (χ4n) is 2.36. The lowest BCUT2D eigenvalue weighted by Gasteiger charge is -2.24. The van der Waals surface area contributed by atoms with E-state index < -0.39 is 33.8 Å². The van der Waals surface area contributed by atoms with Crippen molar-refractivity contribution in [2.24, 2.45) is 5.92 Å². The number of rotatable bonds is 6. The van der Waals surface area contributed by atoms with E-state index in [2.05, 4.69) is 20.7 Å². The Morgan fingerprint density at radius 2 is 1.84 bits per heavy atom. The monoisotopic (exact) mass is 429 g/mol. The largest absolute Gasteiger partial charge is 0.469 e. The summed E-state index contributed by atoms with van der Waals surface area (Å²) in [7, 11) is -2.77. The molecule has 25 heavy (non-hydrogen) atoms. The maximum atomic E-state index is 13.2. The number of esters is 1. The van der Waals surface area contributed by atoms with Crippen molar-refractivity contribution >= 4 is 31.9 Å². The van der Waals surface area contributed by atoms with E-state index in [9.17, 15) is 17.6 Å². The standard InChI is InChI=1S/C17H17BrFNO4S/c1-11(17(21)24-2)16(12-6-4-3-5-7-12)20-25(22,23)15-9-8-13(19)10-14(15)18/h3-11,16,20H,1-2H3/t11-,16+/m0/s1. The third-order valence-electron chi connectivity index (χ3n) is 3.70. The predicted molar refractivity (Wildman–Crippen MR) is 94.8 cm³/mol. The van der Waals surface area contributed by atoms with Gasteiger partial charge in [-0.05, 0) is 39.7 Å². The van der Waals surface area contributed by atoms with E-state index in [1.54, 1.807) is 37.3 Å². The van der Waals surface area contributed by atoms with Crippen LogP contribution in [0.4, 0.5) is 4.39 Å². The van der Waals surface area contributed by atoms with Gasteiger partial charge in [0.15, 0.2) is 0 Å². The van der Waals surface area contributed by atoms with Gasteiger partial charge in [-0.15, -0.1) is 0 Å². The summed E-state index contributed by atoms with van der Waals surface area (Å²) < 4.78 is 46.1. The molecular weight excluding hydrogens is 413 g/mol. The highest BCUT2D eigenvalue weighted by Gasteiger charge is 2.31. The lowest BCUT2D eigenvalue weighted by atomic mass is 9.95. The van der Waals surface area contributed by atoms with E-state index in [0.717, 1.165) is 18.2 Å². The Hall–Kier alpha value is -1.77. The Bertz CT molecular complexity index is 858. The highest BCUT2D eigenvalue weighted by molar-refractivity contribution is 9.10. The summed E-state index contributed by atoms with van der Waals surface area (Å²) in [5, 5.41) is 0. The van der Waals surface area contributed by atoms with Crippen molar-refractivity contribution in [2.45, 2.75) is 17.9 Å². The van der Waals surface area contributed by atoms with Crippen LogP contribution < -0.4 is 4.72 Å². The molecule has 0 fully saturated rings. The van der Waals surface area contributed by atoms with Gasteiger partial charge in [0.05, 0.1) is 24.0 Å². The van der Waals surface area contributed by atoms with Crippen LogP contribution in [0.2, 0.25) is 0 Å². The SMILES string of the molecule is COC(=O)[C@@H](C)[C@@H](NS(=O)(=O)c1ccc(F)cc1Br)c1ccccc1. The van der Waals surface area contributed by atoms with E-state index >= 15 is 0 Å². The molecule has 0 aliphatic carbocycles. The van der Waals surface area contributed by atoms with Gasteiger partial charge in [-0.1, -0.05) is 37.3 Å². The van der Waals surface area contributed by atoms with Crippen molar-refractivity contribution in [3.63, 3.8) is 0 Å². The highest BCUT2D eigenvalue weighted by atomic mass is 79.9. The molecule has 8 heteroatoms. The van der Waals surface area contributed by atoms with Crippen LogP contribution in [-0.4, -0.2) is 21.5 Å². The van der Waals surface area contributed by atoms with Gasteiger partial charge in [0.1, 0.15) is 5.82 Å². The molecule has 0 saturated heterocycles. The van der Waals surface area contributed by atoms with E-state index in [1.807, 2.05) is 0 Å². The second kappa shape index (κ2) is 8.07. The molecule has 2 aromatic carbocycles. The number of carbonyl (C=O) groups is 1. The van der Waals surface area contributed by atoms with Gasteiger partial charge in [0.25, 0.3) is 0 Å². The molecule has 0 unspecified atom stereocenters. The fourth-order valence-corrected chi connectivity index (χ4v) is 4.72. The fraction of sp³-hybridized carbons (Fsp3) is 0.235. The zero-order valence-electron chi connectivity index (χ0n) is 13.6. The van der Waals surface area contributed by atoms with E-state index in [1.165, 1.54) is 7.11 Å². The van der Waals surface area contributed by atoms with Gasteiger partial charge in [0, 0.05) is 4.47 Å². The van der Waals surface area contributed by atoms with Crippen molar-refractivity contribution < 1.29 is 22.3 Å². The predicted octanol–water partition coefficient (Wildman–Crippen LogP) is 3.42. The number of carbonyl (C=O) groups excluding carboxylic acids is 1. The van der Waals surface area contributed by atoms with Gasteiger partial charge in [-0.3, -0.25) is 4.79 Å². The highest BCUT2D eigenvalue weighted by Crippen LogP contribution is 2.28. The number of sulfonamides is 1. The minimum atomic E-state index is -4.01. The summed E-state index contributed by atoms with van der Waals surface area (Å²) >= 11 is 3.06. The third kappa shape index (κ3) is 4.65. The average molecular weight is 430 g/mol. The van der Waals surface area contributed by atoms with E-state index in [-0.39, 0.29) is 9.37 Å². The molecule has 0 aliphatic heterocycles. The molecule has 1 N–H and O–H groups in total. The second-order valence-corrected chi connectivity index (χ2v) is 7.93. The summed E-state index contributed by atoms with van der Waals surface area (Å²) in [5.74, 6) is -1.87. The molecule has 2 aromatic rings. The molecule has 0 aliphatic rings. The first-order chi connectivity index (χ1) is 11.8. The van der Waals surface area contributed by atoms with Crippen LogP contribution in [0.25, 0.3) is 0 Å². The Morgan fingerprint density at radius 3 is 2.40 bits per heavy atom. The summed E-state index contributed by atoms with van der Waals surface area (Å²) in [4.78, 5) is 11.8. The van der Waals surface area contributed by atoms with Gasteiger partial charge in [0.2, 0.25) is 10.0 Å². The summed E-state index contributed by atoms with van der Waals surface area (Å²) in [6.07, 6.45) is 0. The van der Waals surface area contributed by atoms with Gasteiger partial charge >= 0.3 is 5.97 Å². The molecular formula is C17H17BrFNO4S.